The smallest absolute Gasteiger partial charge is 0.186 e. The SMILES string of the molecule is COc1ccccc1-c1c(N)noc1-c1ccc(C)s1. The maximum atomic E-state index is 5.99. The van der Waals surface area contributed by atoms with Crippen LogP contribution in [0.5, 0.6) is 5.75 Å². The van der Waals surface area contributed by atoms with E-state index in [-0.39, 0.29) is 0 Å². The monoisotopic (exact) mass is 286 g/mol. The number of aromatic nitrogens is 1. The molecule has 4 nitrogen and oxygen atoms in total. The third-order valence-corrected chi connectivity index (χ3v) is 4.06. The summed E-state index contributed by atoms with van der Waals surface area (Å²) in [6.07, 6.45) is 0. The Morgan fingerprint density at radius 1 is 1.20 bits per heavy atom. The van der Waals surface area contributed by atoms with Gasteiger partial charge in [-0.25, -0.2) is 0 Å². The second-order valence-corrected chi connectivity index (χ2v) is 5.67. The number of para-hydroxylation sites is 1. The lowest BCUT2D eigenvalue weighted by molar-refractivity contribution is 0.416. The van der Waals surface area contributed by atoms with E-state index in [2.05, 4.69) is 12.1 Å². The largest absolute Gasteiger partial charge is 0.496 e. The molecule has 0 saturated carbocycles. The molecule has 0 fully saturated rings. The molecule has 0 unspecified atom stereocenters. The van der Waals surface area contributed by atoms with Gasteiger partial charge < -0.3 is 15.0 Å². The van der Waals surface area contributed by atoms with E-state index in [0.717, 1.165) is 21.8 Å². The normalized spacial score (nSPS) is 10.7. The van der Waals surface area contributed by atoms with Crippen molar-refractivity contribution in [3.8, 4) is 27.5 Å². The number of nitrogens with zero attached hydrogens (tertiary/aromatic N) is 1. The quantitative estimate of drug-likeness (QED) is 0.791. The summed E-state index contributed by atoms with van der Waals surface area (Å²) in [6, 6.07) is 11.8. The van der Waals surface area contributed by atoms with Crippen LogP contribution in [0.25, 0.3) is 21.8 Å². The number of aryl methyl sites for hydroxylation is 1. The molecular formula is C15H14N2O2S. The molecule has 2 aromatic heterocycles. The summed E-state index contributed by atoms with van der Waals surface area (Å²) in [6.45, 7) is 2.05. The van der Waals surface area contributed by atoms with Crippen molar-refractivity contribution in [3.63, 3.8) is 0 Å². The number of ether oxygens (including phenoxy) is 1. The number of benzene rings is 1. The second-order valence-electron chi connectivity index (χ2n) is 4.38. The van der Waals surface area contributed by atoms with Gasteiger partial charge in [0.2, 0.25) is 0 Å². The Morgan fingerprint density at radius 3 is 2.70 bits per heavy atom. The topological polar surface area (TPSA) is 61.3 Å². The lowest BCUT2D eigenvalue weighted by Gasteiger charge is -2.07. The van der Waals surface area contributed by atoms with E-state index in [9.17, 15) is 0 Å². The van der Waals surface area contributed by atoms with Crippen molar-refractivity contribution in [2.75, 3.05) is 12.8 Å². The van der Waals surface area contributed by atoms with Gasteiger partial charge in [0.05, 0.1) is 17.6 Å². The highest BCUT2D eigenvalue weighted by Gasteiger charge is 2.21. The third kappa shape index (κ3) is 2.06. The predicted octanol–water partition coefficient (Wildman–Crippen LogP) is 3.97. The van der Waals surface area contributed by atoms with Crippen LogP contribution in [0.4, 0.5) is 5.82 Å². The number of nitrogens with two attached hydrogens (primary N) is 1. The second kappa shape index (κ2) is 5.02. The van der Waals surface area contributed by atoms with Crippen molar-refractivity contribution in [1.82, 2.24) is 5.16 Å². The van der Waals surface area contributed by atoms with Crippen LogP contribution >= 0.6 is 11.3 Å². The number of methoxy groups -OCH3 is 1. The van der Waals surface area contributed by atoms with Crippen molar-refractivity contribution in [3.05, 3.63) is 41.3 Å². The average molecular weight is 286 g/mol. The van der Waals surface area contributed by atoms with Gasteiger partial charge in [-0.2, -0.15) is 0 Å². The Morgan fingerprint density at radius 2 is 2.00 bits per heavy atom. The first-order valence-corrected chi connectivity index (χ1v) is 6.97. The number of rotatable bonds is 3. The van der Waals surface area contributed by atoms with Crippen molar-refractivity contribution in [1.29, 1.82) is 0 Å². The molecule has 0 radical (unpaired) electrons. The Bertz CT molecular complexity index is 746. The first-order valence-electron chi connectivity index (χ1n) is 6.16. The molecule has 102 valence electrons. The van der Waals surface area contributed by atoms with Gasteiger partial charge in [-0.3, -0.25) is 0 Å². The van der Waals surface area contributed by atoms with Crippen LogP contribution in [0.1, 0.15) is 4.88 Å². The molecule has 0 spiro atoms. The fourth-order valence-corrected chi connectivity index (χ4v) is 2.99. The van der Waals surface area contributed by atoms with Crippen LogP contribution in [0.3, 0.4) is 0 Å². The zero-order valence-corrected chi connectivity index (χ0v) is 12.0. The summed E-state index contributed by atoms with van der Waals surface area (Å²) < 4.78 is 10.8. The number of nitrogen functional groups attached to an aromatic ring is 1. The first-order chi connectivity index (χ1) is 9.70. The molecule has 3 aromatic rings. The average Bonchev–Trinajstić information content (AvgIpc) is 3.04. The highest BCUT2D eigenvalue weighted by molar-refractivity contribution is 7.15. The molecular weight excluding hydrogens is 272 g/mol. The minimum Gasteiger partial charge on any atom is -0.496 e. The summed E-state index contributed by atoms with van der Waals surface area (Å²) >= 11 is 1.65. The van der Waals surface area contributed by atoms with Gasteiger partial charge in [-0.05, 0) is 25.1 Å². The molecule has 20 heavy (non-hydrogen) atoms. The number of hydrogen-bond donors (Lipinski definition) is 1. The minimum atomic E-state index is 0.371. The van der Waals surface area contributed by atoms with Crippen molar-refractivity contribution >= 4 is 17.2 Å². The molecule has 0 saturated heterocycles. The Labute approximate surface area is 120 Å². The lowest BCUT2D eigenvalue weighted by Crippen LogP contribution is -1.92. The first kappa shape index (κ1) is 12.7. The fraction of sp³-hybridized carbons (Fsp3) is 0.133. The van der Waals surface area contributed by atoms with E-state index in [1.165, 1.54) is 4.88 Å². The van der Waals surface area contributed by atoms with Crippen molar-refractivity contribution in [2.45, 2.75) is 6.92 Å². The van der Waals surface area contributed by atoms with Crippen LogP contribution in [0.2, 0.25) is 0 Å². The molecule has 0 aliphatic carbocycles. The van der Waals surface area contributed by atoms with Gasteiger partial charge in [-0.1, -0.05) is 23.4 Å². The number of anilines is 1. The Kier molecular flexibility index (Phi) is 3.20. The maximum absolute atomic E-state index is 5.99. The van der Waals surface area contributed by atoms with E-state index in [1.54, 1.807) is 18.4 Å². The molecule has 1 aromatic carbocycles. The highest BCUT2D eigenvalue weighted by atomic mass is 32.1. The van der Waals surface area contributed by atoms with E-state index in [1.807, 2.05) is 36.4 Å². The van der Waals surface area contributed by atoms with Crippen LogP contribution in [0.15, 0.2) is 40.9 Å². The van der Waals surface area contributed by atoms with E-state index >= 15 is 0 Å². The van der Waals surface area contributed by atoms with Crippen LogP contribution < -0.4 is 10.5 Å². The highest BCUT2D eigenvalue weighted by Crippen LogP contribution is 2.42. The molecule has 3 rings (SSSR count). The van der Waals surface area contributed by atoms with Gasteiger partial charge in [0.15, 0.2) is 11.6 Å². The van der Waals surface area contributed by atoms with E-state index in [4.69, 9.17) is 15.0 Å². The zero-order chi connectivity index (χ0) is 14.1. The van der Waals surface area contributed by atoms with Gasteiger partial charge in [0.25, 0.3) is 0 Å². The summed E-state index contributed by atoms with van der Waals surface area (Å²) in [5, 5.41) is 3.91. The van der Waals surface area contributed by atoms with E-state index in [0.29, 0.717) is 11.6 Å². The molecule has 0 aliphatic rings. The minimum absolute atomic E-state index is 0.371. The molecule has 5 heteroatoms. The Balaban J connectivity index is 2.21. The lowest BCUT2D eigenvalue weighted by atomic mass is 10.0. The molecule has 0 amide bonds. The zero-order valence-electron chi connectivity index (χ0n) is 11.2. The Hall–Kier alpha value is -2.27. The molecule has 2 N–H and O–H groups in total. The van der Waals surface area contributed by atoms with Gasteiger partial charge in [0.1, 0.15) is 5.75 Å². The molecule has 0 bridgehead atoms. The molecule has 0 aliphatic heterocycles. The van der Waals surface area contributed by atoms with Gasteiger partial charge in [-0.15, -0.1) is 11.3 Å². The summed E-state index contributed by atoms with van der Waals surface area (Å²) in [7, 11) is 1.64. The fourth-order valence-electron chi connectivity index (χ4n) is 2.14. The van der Waals surface area contributed by atoms with E-state index < -0.39 is 0 Å². The standard InChI is InChI=1S/C15H14N2O2S/c1-9-7-8-12(20-9)14-13(15(16)17-19-14)10-5-3-4-6-11(10)18-2/h3-8H,1-2H3,(H2,16,17). The third-order valence-electron chi connectivity index (χ3n) is 3.06. The van der Waals surface area contributed by atoms with Crippen molar-refractivity contribution < 1.29 is 9.26 Å². The van der Waals surface area contributed by atoms with Gasteiger partial charge >= 0.3 is 0 Å². The summed E-state index contributed by atoms with van der Waals surface area (Å²) in [5.41, 5.74) is 7.65. The number of thiophene rings is 1. The maximum Gasteiger partial charge on any atom is 0.186 e. The van der Waals surface area contributed by atoms with Crippen molar-refractivity contribution in [2.24, 2.45) is 0 Å². The van der Waals surface area contributed by atoms with Crippen LogP contribution in [-0.2, 0) is 0 Å². The van der Waals surface area contributed by atoms with Gasteiger partial charge in [0, 0.05) is 10.4 Å². The van der Waals surface area contributed by atoms with Crippen LogP contribution in [-0.4, -0.2) is 12.3 Å². The van der Waals surface area contributed by atoms with Crippen LogP contribution in [0, 0.1) is 6.92 Å². The predicted molar refractivity (Wildman–Crippen MR) is 81.0 cm³/mol. The number of hydrogen-bond acceptors (Lipinski definition) is 5. The summed E-state index contributed by atoms with van der Waals surface area (Å²) in [5.74, 6) is 1.80. The molecule has 0 atom stereocenters. The molecule has 2 heterocycles. The summed E-state index contributed by atoms with van der Waals surface area (Å²) in [4.78, 5) is 2.22.